The van der Waals surface area contributed by atoms with Crippen LogP contribution in [0.25, 0.3) is 5.82 Å². The highest BCUT2D eigenvalue weighted by Crippen LogP contribution is 2.22. The van der Waals surface area contributed by atoms with Crippen LogP contribution in [0.2, 0.25) is 0 Å². The van der Waals surface area contributed by atoms with Crippen LogP contribution in [0.3, 0.4) is 0 Å². The van der Waals surface area contributed by atoms with Gasteiger partial charge in [-0.3, -0.25) is 4.79 Å². The maximum absolute atomic E-state index is 12.5. The van der Waals surface area contributed by atoms with Crippen molar-refractivity contribution in [3.8, 4) is 5.82 Å². The minimum Gasteiger partial charge on any atom is -0.356 e. The first-order valence-electron chi connectivity index (χ1n) is 11.6. The third kappa shape index (κ3) is 4.98. The van der Waals surface area contributed by atoms with Crippen molar-refractivity contribution in [3.05, 3.63) is 59.2 Å². The van der Waals surface area contributed by atoms with Crippen molar-refractivity contribution in [1.82, 2.24) is 19.7 Å². The fourth-order valence-corrected chi connectivity index (χ4v) is 4.34. The lowest BCUT2D eigenvalue weighted by Crippen LogP contribution is -2.30. The second-order valence-corrected chi connectivity index (χ2v) is 8.45. The van der Waals surface area contributed by atoms with Gasteiger partial charge in [0.25, 0.3) is 0 Å². The van der Waals surface area contributed by atoms with Crippen molar-refractivity contribution in [3.63, 3.8) is 0 Å². The SMILES string of the molecule is CCc1cccc(NC(=O)CCc2c(C)nn(-c3cc(N4CCCCC4)ncn3)c2C)c1. The number of aryl methyl sites for hydroxylation is 2. The maximum atomic E-state index is 12.5. The molecule has 1 fully saturated rings. The number of carbonyl (C=O) groups is 1. The van der Waals surface area contributed by atoms with E-state index in [0.717, 1.165) is 53.8 Å². The second kappa shape index (κ2) is 9.94. The summed E-state index contributed by atoms with van der Waals surface area (Å²) < 4.78 is 1.88. The van der Waals surface area contributed by atoms with Crippen LogP contribution in [-0.2, 0) is 17.6 Å². The molecule has 7 nitrogen and oxygen atoms in total. The summed E-state index contributed by atoms with van der Waals surface area (Å²) in [5.41, 5.74) is 5.11. The largest absolute Gasteiger partial charge is 0.356 e. The zero-order valence-electron chi connectivity index (χ0n) is 19.3. The number of aromatic nitrogens is 4. The molecule has 0 unspecified atom stereocenters. The lowest BCUT2D eigenvalue weighted by molar-refractivity contribution is -0.116. The van der Waals surface area contributed by atoms with Gasteiger partial charge in [-0.2, -0.15) is 5.10 Å². The van der Waals surface area contributed by atoms with E-state index in [4.69, 9.17) is 5.10 Å². The van der Waals surface area contributed by atoms with Gasteiger partial charge in [-0.15, -0.1) is 0 Å². The Labute approximate surface area is 189 Å². The highest BCUT2D eigenvalue weighted by molar-refractivity contribution is 5.90. The van der Waals surface area contributed by atoms with Gasteiger partial charge in [-0.25, -0.2) is 14.6 Å². The van der Waals surface area contributed by atoms with Crippen LogP contribution in [0, 0.1) is 13.8 Å². The Hall–Kier alpha value is -3.22. The normalized spacial score (nSPS) is 13.9. The Balaban J connectivity index is 1.45. The summed E-state index contributed by atoms with van der Waals surface area (Å²) in [6.45, 7) is 8.22. The van der Waals surface area contributed by atoms with Crippen molar-refractivity contribution in [2.45, 2.75) is 59.3 Å². The fourth-order valence-electron chi connectivity index (χ4n) is 4.34. The molecule has 1 amide bonds. The Morgan fingerprint density at radius 1 is 1.06 bits per heavy atom. The molecule has 1 saturated heterocycles. The number of nitrogens with zero attached hydrogens (tertiary/aromatic N) is 5. The van der Waals surface area contributed by atoms with E-state index in [0.29, 0.717) is 12.8 Å². The molecule has 1 N–H and O–H groups in total. The molecule has 1 aliphatic heterocycles. The topological polar surface area (TPSA) is 75.9 Å². The number of carbonyl (C=O) groups excluding carboxylic acids is 1. The minimum atomic E-state index is 0.0132. The third-order valence-electron chi connectivity index (χ3n) is 6.20. The van der Waals surface area contributed by atoms with E-state index in [1.54, 1.807) is 6.33 Å². The Bertz CT molecular complexity index is 1080. The van der Waals surface area contributed by atoms with Gasteiger partial charge in [0.2, 0.25) is 5.91 Å². The lowest BCUT2D eigenvalue weighted by Gasteiger charge is -2.27. The molecule has 168 valence electrons. The summed E-state index contributed by atoms with van der Waals surface area (Å²) in [6.07, 6.45) is 7.31. The Kier molecular flexibility index (Phi) is 6.83. The van der Waals surface area contributed by atoms with Crippen molar-refractivity contribution in [2.75, 3.05) is 23.3 Å². The van der Waals surface area contributed by atoms with Gasteiger partial charge in [0.15, 0.2) is 5.82 Å². The quantitative estimate of drug-likeness (QED) is 0.599. The highest BCUT2D eigenvalue weighted by Gasteiger charge is 2.17. The predicted molar refractivity (Wildman–Crippen MR) is 127 cm³/mol. The van der Waals surface area contributed by atoms with E-state index >= 15 is 0 Å². The fraction of sp³-hybridized carbons (Fsp3) is 0.440. The van der Waals surface area contributed by atoms with Crippen molar-refractivity contribution in [2.24, 2.45) is 0 Å². The molecule has 7 heteroatoms. The summed E-state index contributed by atoms with van der Waals surface area (Å²) in [6, 6.07) is 10.0. The first-order valence-corrected chi connectivity index (χ1v) is 11.6. The minimum absolute atomic E-state index is 0.0132. The van der Waals surface area contributed by atoms with Crippen LogP contribution in [0.5, 0.6) is 0 Å². The third-order valence-corrected chi connectivity index (χ3v) is 6.20. The van der Waals surface area contributed by atoms with E-state index in [1.807, 2.05) is 42.8 Å². The summed E-state index contributed by atoms with van der Waals surface area (Å²) in [4.78, 5) is 23.8. The predicted octanol–water partition coefficient (Wildman–Crippen LogP) is 4.40. The van der Waals surface area contributed by atoms with E-state index < -0.39 is 0 Å². The molecule has 0 aliphatic carbocycles. The number of hydrogen-bond acceptors (Lipinski definition) is 5. The Morgan fingerprint density at radius 2 is 1.84 bits per heavy atom. The number of piperidine rings is 1. The van der Waals surface area contributed by atoms with E-state index in [-0.39, 0.29) is 5.91 Å². The number of nitrogens with one attached hydrogen (secondary N) is 1. The van der Waals surface area contributed by atoms with Crippen LogP contribution >= 0.6 is 0 Å². The van der Waals surface area contributed by atoms with Crippen LogP contribution in [0.4, 0.5) is 11.5 Å². The molecule has 1 aromatic carbocycles. The zero-order valence-corrected chi connectivity index (χ0v) is 19.3. The molecular formula is C25H32N6O. The summed E-state index contributed by atoms with van der Waals surface area (Å²) in [5.74, 6) is 1.74. The molecule has 0 radical (unpaired) electrons. The smallest absolute Gasteiger partial charge is 0.224 e. The van der Waals surface area contributed by atoms with Gasteiger partial charge in [-0.05, 0) is 69.2 Å². The van der Waals surface area contributed by atoms with Crippen LogP contribution in [0.1, 0.15) is 55.1 Å². The monoisotopic (exact) mass is 432 g/mol. The lowest BCUT2D eigenvalue weighted by atomic mass is 10.1. The Morgan fingerprint density at radius 3 is 2.62 bits per heavy atom. The second-order valence-electron chi connectivity index (χ2n) is 8.45. The summed E-state index contributed by atoms with van der Waals surface area (Å²) in [5, 5.41) is 7.74. The molecule has 3 aromatic rings. The molecule has 0 bridgehead atoms. The van der Waals surface area contributed by atoms with Gasteiger partial charge in [0.1, 0.15) is 12.1 Å². The van der Waals surface area contributed by atoms with Gasteiger partial charge in [0, 0.05) is 37.0 Å². The average Bonchev–Trinajstić information content (AvgIpc) is 3.11. The van der Waals surface area contributed by atoms with Gasteiger partial charge in [-0.1, -0.05) is 19.1 Å². The van der Waals surface area contributed by atoms with Crippen LogP contribution in [0.15, 0.2) is 36.7 Å². The molecule has 2 aromatic heterocycles. The molecule has 32 heavy (non-hydrogen) atoms. The molecule has 4 rings (SSSR count). The first kappa shape index (κ1) is 22.0. The molecule has 3 heterocycles. The number of rotatable bonds is 7. The zero-order chi connectivity index (χ0) is 22.5. The number of amides is 1. The number of benzene rings is 1. The molecule has 1 aliphatic rings. The number of hydrogen-bond donors (Lipinski definition) is 1. The van der Waals surface area contributed by atoms with E-state index in [9.17, 15) is 4.79 Å². The molecular weight excluding hydrogens is 400 g/mol. The first-order chi connectivity index (χ1) is 15.5. The van der Waals surface area contributed by atoms with Crippen molar-refractivity contribution >= 4 is 17.4 Å². The summed E-state index contributed by atoms with van der Waals surface area (Å²) >= 11 is 0. The highest BCUT2D eigenvalue weighted by atomic mass is 16.1. The van der Waals surface area contributed by atoms with Gasteiger partial charge in [0.05, 0.1) is 5.69 Å². The van der Waals surface area contributed by atoms with E-state index in [1.165, 1.54) is 24.8 Å². The van der Waals surface area contributed by atoms with Gasteiger partial charge < -0.3 is 10.2 Å². The summed E-state index contributed by atoms with van der Waals surface area (Å²) in [7, 11) is 0. The molecule has 0 saturated carbocycles. The molecule has 0 atom stereocenters. The van der Waals surface area contributed by atoms with Crippen LogP contribution < -0.4 is 10.2 Å². The van der Waals surface area contributed by atoms with Crippen LogP contribution in [-0.4, -0.2) is 38.7 Å². The van der Waals surface area contributed by atoms with Crippen molar-refractivity contribution in [1.29, 1.82) is 0 Å². The standard InChI is InChI=1S/C25H32N6O/c1-4-20-9-8-10-21(15-20)28-25(32)12-11-22-18(2)29-31(19(22)3)24-16-23(26-17-27-24)30-13-6-5-7-14-30/h8-10,15-17H,4-7,11-14H2,1-3H3,(H,28,32). The molecule has 0 spiro atoms. The van der Waals surface area contributed by atoms with Crippen molar-refractivity contribution < 1.29 is 4.79 Å². The number of anilines is 2. The average molecular weight is 433 g/mol. The maximum Gasteiger partial charge on any atom is 0.224 e. The van der Waals surface area contributed by atoms with E-state index in [2.05, 4.69) is 33.2 Å². The van der Waals surface area contributed by atoms with Gasteiger partial charge >= 0.3 is 0 Å².